The molecular weight excluding hydrogens is 1300 g/mol. The van der Waals surface area contributed by atoms with Crippen LogP contribution in [-0.4, -0.2) is 175 Å². The molecule has 4 aliphatic heterocycles. The van der Waals surface area contributed by atoms with E-state index >= 15 is 9.59 Å². The van der Waals surface area contributed by atoms with Crippen LogP contribution in [0.15, 0.2) is 87.8 Å². The number of hydrogen-bond donors (Lipinski definition) is 12. The number of carbonyl (C=O) groups is 9. The predicted octanol–water partition coefficient (Wildman–Crippen LogP) is 2.68. The third-order valence-electron chi connectivity index (χ3n) is 18.8. The van der Waals surface area contributed by atoms with Gasteiger partial charge in [-0.3, -0.25) is 53.1 Å². The van der Waals surface area contributed by atoms with Gasteiger partial charge in [0.1, 0.15) is 59.7 Å². The van der Waals surface area contributed by atoms with E-state index in [1.807, 2.05) is 57.2 Å². The number of sulfonamides is 1. The first kappa shape index (κ1) is 76.2. The molecule has 9 amide bonds. The first-order valence-electron chi connectivity index (χ1n) is 34.7. The summed E-state index contributed by atoms with van der Waals surface area (Å²) >= 11 is 0. The topological polar surface area (TPSA) is 418 Å². The Kier molecular flexibility index (Phi) is 26.7. The number of guanidine groups is 2. The van der Waals surface area contributed by atoms with E-state index in [0.717, 1.165) is 16.5 Å². The van der Waals surface area contributed by atoms with Gasteiger partial charge >= 0.3 is 0 Å². The standard InChI is InChI=1S/C71H100N16O12S/c1-42-43(2)60(44(3)50-40-71(6,7)99-59(42)50)100(97,98)85-70(74)77-35-21-30-54-67(95)86-36-22-31-57(86)65(93)75-33-19-12-10-8-9-11-16-28-53(63(91)84-56(38-47-24-14-13-15-25-47)68(96)87-37-23-32-58(87)66(94)79-45(4)61(89)82-54)81-64(92)55(39-48-41-78-51-27-18-17-26-49(48)51)83-62(90)52(80-46(5)88)29-20-34-76-69(72)73/h8-9,13-15,17-18,24-27,41,45,52-58,78H,10-12,16,19-23,28-40H2,1-7H3,(H,75,93)(H,79,94)(H,80,88)(H,81,92)(H,82,89)(H,83,90)(H,84,91)(H4,72,73,76)(H3,74,77,85)/b9-8+/t45-,52-,53-,54-,55-,56-,57+,58-/m0/s1. The molecule has 5 heterocycles. The summed E-state index contributed by atoms with van der Waals surface area (Å²) in [5.74, 6) is -5.34. The van der Waals surface area contributed by atoms with Gasteiger partial charge in [0.25, 0.3) is 10.0 Å². The minimum atomic E-state index is -4.24. The summed E-state index contributed by atoms with van der Waals surface area (Å²) in [6.45, 7) is 12.6. The van der Waals surface area contributed by atoms with Gasteiger partial charge in [-0.1, -0.05) is 60.7 Å². The summed E-state index contributed by atoms with van der Waals surface area (Å²) in [5.41, 5.74) is 21.5. The van der Waals surface area contributed by atoms with Crippen molar-refractivity contribution in [3.05, 3.63) is 106 Å². The molecule has 3 aromatic carbocycles. The molecular formula is C71H100N16O12S. The van der Waals surface area contributed by atoms with E-state index in [0.29, 0.717) is 104 Å². The number of para-hydroxylation sites is 1. The van der Waals surface area contributed by atoms with Crippen LogP contribution in [0.25, 0.3) is 10.9 Å². The van der Waals surface area contributed by atoms with Gasteiger partial charge < -0.3 is 73.9 Å². The smallest absolute Gasteiger partial charge is 0.264 e. The molecule has 8 rings (SSSR count). The molecule has 0 unspecified atom stereocenters. The molecule has 8 atom stereocenters. The Bertz CT molecular complexity index is 3850. The molecule has 0 spiro atoms. The number of nitrogens with one attached hydrogen (secondary N) is 9. The third-order valence-corrected chi connectivity index (χ3v) is 20.4. The fraction of sp³-hybridized carbons (Fsp3) is 0.535. The lowest BCUT2D eigenvalue weighted by Crippen LogP contribution is -2.60. The highest BCUT2D eigenvalue weighted by molar-refractivity contribution is 7.90. The highest BCUT2D eigenvalue weighted by Gasteiger charge is 2.42. The van der Waals surface area contributed by atoms with Crippen LogP contribution in [0.1, 0.15) is 151 Å². The Morgan fingerprint density at radius 3 is 2.06 bits per heavy atom. The zero-order chi connectivity index (χ0) is 72.4. The molecule has 2 saturated heterocycles. The summed E-state index contributed by atoms with van der Waals surface area (Å²) in [5, 5.41) is 20.7. The zero-order valence-corrected chi connectivity index (χ0v) is 59.2. The van der Waals surface area contributed by atoms with Gasteiger partial charge in [-0.2, -0.15) is 0 Å². The number of amides is 9. The van der Waals surface area contributed by atoms with E-state index in [-0.39, 0.29) is 93.8 Å². The maximum Gasteiger partial charge on any atom is 0.264 e. The Balaban J connectivity index is 1.03. The number of H-pyrrole nitrogens is 1. The fourth-order valence-corrected chi connectivity index (χ4v) is 15.1. The average molecular weight is 1400 g/mol. The van der Waals surface area contributed by atoms with Crippen LogP contribution in [0.2, 0.25) is 0 Å². The number of aliphatic imine (C=N–C) groups is 2. The maximum atomic E-state index is 15.2. The molecule has 542 valence electrons. The number of rotatable bonds is 19. The van der Waals surface area contributed by atoms with Gasteiger partial charge in [-0.25, -0.2) is 13.1 Å². The van der Waals surface area contributed by atoms with E-state index in [2.05, 4.69) is 56.9 Å². The summed E-state index contributed by atoms with van der Waals surface area (Å²) in [6, 6.07) is 7.01. The largest absolute Gasteiger partial charge is 0.487 e. The number of aromatic nitrogens is 1. The molecule has 2 fully saturated rings. The molecule has 0 saturated carbocycles. The number of hydrogen-bond acceptors (Lipinski definition) is 14. The number of benzene rings is 3. The van der Waals surface area contributed by atoms with Gasteiger partial charge in [0.05, 0.1) is 4.90 Å². The van der Waals surface area contributed by atoms with Crippen LogP contribution >= 0.6 is 0 Å². The number of fused-ring (bicyclic) bond motifs is 4. The number of ether oxygens (including phenoxy) is 1. The molecule has 1 aromatic heterocycles. The third kappa shape index (κ3) is 20.3. The number of carbonyl (C=O) groups excluding carboxylic acids is 9. The van der Waals surface area contributed by atoms with Gasteiger partial charge in [-0.05, 0) is 165 Å². The first-order chi connectivity index (χ1) is 47.6. The molecule has 0 aliphatic carbocycles. The predicted molar refractivity (Wildman–Crippen MR) is 379 cm³/mol. The number of nitrogens with zero attached hydrogens (tertiary/aromatic N) is 4. The second kappa shape index (κ2) is 35.0. The van der Waals surface area contributed by atoms with E-state index in [4.69, 9.17) is 21.9 Å². The van der Waals surface area contributed by atoms with Crippen LogP contribution < -0.4 is 63.9 Å². The van der Waals surface area contributed by atoms with Crippen molar-refractivity contribution >= 4 is 86.0 Å². The highest BCUT2D eigenvalue weighted by atomic mass is 32.2. The summed E-state index contributed by atoms with van der Waals surface area (Å²) in [7, 11) is -4.24. The Hall–Kier alpha value is -9.54. The minimum absolute atomic E-state index is 0.0173. The van der Waals surface area contributed by atoms with E-state index < -0.39 is 111 Å². The quantitative estimate of drug-likeness (QED) is 0.0278. The van der Waals surface area contributed by atoms with Crippen LogP contribution in [0.5, 0.6) is 5.75 Å². The summed E-state index contributed by atoms with van der Waals surface area (Å²) in [6.07, 6.45) is 11.0. The number of allylic oxidation sites excluding steroid dienone is 2. The number of nitrogens with two attached hydrogens (primary N) is 3. The monoisotopic (exact) mass is 1400 g/mol. The first-order valence-corrected chi connectivity index (χ1v) is 36.2. The second-order valence-corrected chi connectivity index (χ2v) is 28.7. The van der Waals surface area contributed by atoms with Crippen molar-refractivity contribution < 1.29 is 56.3 Å². The molecule has 4 aliphatic rings. The molecule has 28 nitrogen and oxygen atoms in total. The maximum absolute atomic E-state index is 15.2. The average Bonchev–Trinajstić information content (AvgIpc) is 1.52. The van der Waals surface area contributed by atoms with Crippen molar-refractivity contribution in [2.75, 3.05) is 32.7 Å². The normalized spacial score (nSPS) is 22.4. The van der Waals surface area contributed by atoms with Gasteiger partial charge in [0.15, 0.2) is 5.96 Å². The zero-order valence-electron chi connectivity index (χ0n) is 58.4. The van der Waals surface area contributed by atoms with E-state index in [9.17, 15) is 42.0 Å². The summed E-state index contributed by atoms with van der Waals surface area (Å²) in [4.78, 5) is 144. The van der Waals surface area contributed by atoms with Crippen molar-refractivity contribution in [3.8, 4) is 5.75 Å². The molecule has 4 aromatic rings. The van der Waals surface area contributed by atoms with Gasteiger partial charge in [0, 0.05) is 81.6 Å². The lowest BCUT2D eigenvalue weighted by molar-refractivity contribution is -0.143. The highest BCUT2D eigenvalue weighted by Crippen LogP contribution is 2.44. The van der Waals surface area contributed by atoms with Crippen LogP contribution in [0.4, 0.5) is 0 Å². The lowest BCUT2D eigenvalue weighted by atomic mass is 9.94. The SMILES string of the molecule is CC(=O)N[C@@H](CCCN=C(N)N)C(=O)N[C@@H](Cc1c[nH]c2ccccc12)C(=O)N[C@H]1CCC/C=C/CCCCNC(=O)[C@H]2CCCN2C(=O)[C@H](CCCN=C(N)NS(=O)(=O)c2c(C)c(C)c3c(c2C)CC(C)(C)O3)NC(=O)[C@H](C)NC(=O)[C@@H]2CCCN2C(=O)[C@H](Cc2ccccc2)NC1=O. The molecule has 15 N–H and O–H groups in total. The lowest BCUT2D eigenvalue weighted by Gasteiger charge is -2.31. The summed E-state index contributed by atoms with van der Waals surface area (Å²) < 4.78 is 36.6. The van der Waals surface area contributed by atoms with Crippen molar-refractivity contribution in [2.45, 2.75) is 216 Å². The Labute approximate surface area is 584 Å². The van der Waals surface area contributed by atoms with Gasteiger partial charge in [-0.15, -0.1) is 0 Å². The Morgan fingerprint density at radius 2 is 1.36 bits per heavy atom. The van der Waals surface area contributed by atoms with Crippen molar-refractivity contribution in [1.29, 1.82) is 0 Å². The van der Waals surface area contributed by atoms with Crippen LogP contribution in [0, 0.1) is 20.8 Å². The van der Waals surface area contributed by atoms with Crippen LogP contribution in [0.3, 0.4) is 0 Å². The Morgan fingerprint density at radius 1 is 0.710 bits per heavy atom. The van der Waals surface area contributed by atoms with Crippen molar-refractivity contribution in [1.82, 2.24) is 56.7 Å². The minimum Gasteiger partial charge on any atom is -0.487 e. The molecule has 100 heavy (non-hydrogen) atoms. The van der Waals surface area contributed by atoms with E-state index in [1.54, 1.807) is 50.4 Å². The van der Waals surface area contributed by atoms with Crippen molar-refractivity contribution in [3.63, 3.8) is 0 Å². The van der Waals surface area contributed by atoms with Crippen LogP contribution in [-0.2, 0) is 72.4 Å². The van der Waals surface area contributed by atoms with Gasteiger partial charge in [0.2, 0.25) is 59.1 Å². The fourth-order valence-electron chi connectivity index (χ4n) is 13.6. The molecule has 0 bridgehead atoms. The molecule has 0 radical (unpaired) electrons. The number of aromatic amines is 1. The second-order valence-electron chi connectivity index (χ2n) is 27.1. The van der Waals surface area contributed by atoms with E-state index in [1.165, 1.54) is 23.6 Å². The van der Waals surface area contributed by atoms with Crippen molar-refractivity contribution in [2.24, 2.45) is 27.2 Å². The molecule has 29 heteroatoms.